The van der Waals surface area contributed by atoms with Gasteiger partial charge in [0.15, 0.2) is 0 Å². The molecule has 2 unspecified atom stereocenters. The highest BCUT2D eigenvalue weighted by molar-refractivity contribution is 5.94. The quantitative estimate of drug-likeness (QED) is 0.571. The molecule has 3 saturated heterocycles. The first-order chi connectivity index (χ1) is 9.13. The average Bonchev–Trinajstić information content (AvgIpc) is 2.86. The second-order valence-electron chi connectivity index (χ2n) is 5.57. The Kier molecular flexibility index (Phi) is 3.01. The van der Waals surface area contributed by atoms with Gasteiger partial charge in [-0.1, -0.05) is 6.58 Å². The number of rotatable bonds is 1. The van der Waals surface area contributed by atoms with Crippen molar-refractivity contribution in [3.8, 4) is 0 Å². The lowest BCUT2D eigenvalue weighted by Gasteiger charge is -2.50. The molecule has 104 valence electrons. The van der Waals surface area contributed by atoms with Crippen LogP contribution in [0.25, 0.3) is 0 Å². The molecule has 0 spiro atoms. The average molecular weight is 263 g/mol. The van der Waals surface area contributed by atoms with Crippen LogP contribution in [0.3, 0.4) is 0 Å². The van der Waals surface area contributed by atoms with Crippen LogP contribution >= 0.6 is 0 Å². The number of carbonyl (C=O) groups excluding carboxylic acids is 1. The van der Waals surface area contributed by atoms with E-state index in [1.165, 1.54) is 12.8 Å². The van der Waals surface area contributed by atoms with Gasteiger partial charge in [-0.2, -0.15) is 0 Å². The number of piperazine rings is 1. The minimum absolute atomic E-state index is 0.0681. The van der Waals surface area contributed by atoms with Crippen molar-refractivity contribution >= 4 is 5.91 Å². The van der Waals surface area contributed by atoms with E-state index in [1.54, 1.807) is 18.0 Å². The van der Waals surface area contributed by atoms with Crippen molar-refractivity contribution in [1.82, 2.24) is 14.7 Å². The van der Waals surface area contributed by atoms with E-state index in [0.29, 0.717) is 18.3 Å². The van der Waals surface area contributed by atoms with Gasteiger partial charge in [-0.25, -0.2) is 0 Å². The van der Waals surface area contributed by atoms with E-state index in [1.807, 2.05) is 4.90 Å². The monoisotopic (exact) mass is 263 g/mol. The largest absolute Gasteiger partial charge is 0.510 e. The Labute approximate surface area is 113 Å². The summed E-state index contributed by atoms with van der Waals surface area (Å²) in [6.45, 7) is 7.90. The topological polar surface area (TPSA) is 47.0 Å². The van der Waals surface area contributed by atoms with Crippen LogP contribution in [0.4, 0.5) is 0 Å². The van der Waals surface area contributed by atoms with Gasteiger partial charge in [-0.15, -0.1) is 0 Å². The molecule has 0 bridgehead atoms. The summed E-state index contributed by atoms with van der Waals surface area (Å²) in [6, 6.07) is 0.626. The molecular weight excluding hydrogens is 242 g/mol. The van der Waals surface area contributed by atoms with Crippen molar-refractivity contribution in [3.05, 3.63) is 24.2 Å². The maximum Gasteiger partial charge on any atom is 0.275 e. The number of carbonyl (C=O) groups is 1. The highest BCUT2D eigenvalue weighted by atomic mass is 16.3. The zero-order valence-electron chi connectivity index (χ0n) is 11.4. The Morgan fingerprint density at radius 2 is 2.21 bits per heavy atom. The number of fused-ring (bicyclic) bond motifs is 3. The van der Waals surface area contributed by atoms with Crippen LogP contribution in [0.2, 0.25) is 0 Å². The summed E-state index contributed by atoms with van der Waals surface area (Å²) >= 11 is 0. The molecule has 3 fully saturated rings. The molecule has 0 saturated carbocycles. The molecule has 3 heterocycles. The number of amides is 1. The van der Waals surface area contributed by atoms with Gasteiger partial charge < -0.3 is 14.9 Å². The van der Waals surface area contributed by atoms with Crippen LogP contribution in [0.15, 0.2) is 24.2 Å². The number of aliphatic hydroxyl groups excluding tert-OH is 1. The Morgan fingerprint density at radius 3 is 2.89 bits per heavy atom. The zero-order valence-corrected chi connectivity index (χ0v) is 11.4. The van der Waals surface area contributed by atoms with Crippen LogP contribution in [-0.2, 0) is 4.79 Å². The van der Waals surface area contributed by atoms with Crippen LogP contribution in [0.1, 0.15) is 26.2 Å². The number of allylic oxidation sites excluding steroid dienone is 1. The number of aliphatic hydroxyl groups is 1. The molecule has 19 heavy (non-hydrogen) atoms. The molecule has 0 aromatic carbocycles. The van der Waals surface area contributed by atoms with Gasteiger partial charge in [-0.05, 0) is 32.4 Å². The predicted octanol–water partition coefficient (Wildman–Crippen LogP) is 1.26. The van der Waals surface area contributed by atoms with E-state index in [4.69, 9.17) is 0 Å². The summed E-state index contributed by atoms with van der Waals surface area (Å²) in [5.74, 6) is 0.00777. The summed E-state index contributed by atoms with van der Waals surface area (Å²) in [7, 11) is 0. The number of hydrogen-bond donors (Lipinski definition) is 1. The van der Waals surface area contributed by atoms with E-state index in [0.717, 1.165) is 19.5 Å². The Bertz CT molecular complexity index is 442. The highest BCUT2D eigenvalue weighted by Crippen LogP contribution is 2.34. The third kappa shape index (κ3) is 1.84. The molecular formula is C14H21N3O2. The van der Waals surface area contributed by atoms with Gasteiger partial charge >= 0.3 is 0 Å². The van der Waals surface area contributed by atoms with E-state index < -0.39 is 0 Å². The van der Waals surface area contributed by atoms with Crippen LogP contribution in [0.5, 0.6) is 0 Å². The van der Waals surface area contributed by atoms with E-state index in [-0.39, 0.29) is 17.8 Å². The van der Waals surface area contributed by atoms with Crippen LogP contribution < -0.4 is 0 Å². The summed E-state index contributed by atoms with van der Waals surface area (Å²) in [6.07, 6.45) is 5.29. The molecule has 1 N–H and O–H groups in total. The van der Waals surface area contributed by atoms with Crippen molar-refractivity contribution in [3.63, 3.8) is 0 Å². The summed E-state index contributed by atoms with van der Waals surface area (Å²) in [5, 5.41) is 9.76. The van der Waals surface area contributed by atoms with Gasteiger partial charge in [0.25, 0.3) is 5.91 Å². The number of nitrogens with zero attached hydrogens (tertiary/aromatic N) is 3. The highest BCUT2D eigenvalue weighted by Gasteiger charge is 2.45. The van der Waals surface area contributed by atoms with E-state index in [2.05, 4.69) is 11.5 Å². The third-order valence-electron chi connectivity index (χ3n) is 4.54. The van der Waals surface area contributed by atoms with E-state index in [9.17, 15) is 9.90 Å². The molecule has 3 aliphatic rings. The lowest BCUT2D eigenvalue weighted by atomic mass is 10.0. The first-order valence-electron chi connectivity index (χ1n) is 6.99. The molecule has 5 nitrogen and oxygen atoms in total. The van der Waals surface area contributed by atoms with Crippen molar-refractivity contribution in [2.24, 2.45) is 0 Å². The smallest absolute Gasteiger partial charge is 0.275 e. The third-order valence-corrected chi connectivity index (χ3v) is 4.54. The van der Waals surface area contributed by atoms with Gasteiger partial charge in [0.05, 0.1) is 6.54 Å². The molecule has 3 rings (SSSR count). The SMILES string of the molecule is C=CN1CC2N(CCC3CCCN32)C(=O)/C1=C(/C)O. The lowest BCUT2D eigenvalue weighted by Crippen LogP contribution is -2.65. The fourth-order valence-electron chi connectivity index (χ4n) is 3.67. The maximum atomic E-state index is 12.6. The predicted molar refractivity (Wildman–Crippen MR) is 72.1 cm³/mol. The Balaban J connectivity index is 1.93. The second-order valence-corrected chi connectivity index (χ2v) is 5.57. The minimum Gasteiger partial charge on any atom is -0.510 e. The molecule has 0 radical (unpaired) electrons. The van der Waals surface area contributed by atoms with Crippen LogP contribution in [-0.4, -0.2) is 57.6 Å². The van der Waals surface area contributed by atoms with Crippen molar-refractivity contribution in [1.29, 1.82) is 0 Å². The molecule has 0 aliphatic carbocycles. The summed E-state index contributed by atoms with van der Waals surface area (Å²) in [5.41, 5.74) is 0.379. The fourth-order valence-corrected chi connectivity index (χ4v) is 3.67. The molecule has 5 heteroatoms. The Morgan fingerprint density at radius 1 is 1.42 bits per heavy atom. The molecule has 2 atom stereocenters. The second kappa shape index (κ2) is 4.56. The normalized spacial score (nSPS) is 34.1. The summed E-state index contributed by atoms with van der Waals surface area (Å²) in [4.78, 5) is 18.7. The molecule has 0 aromatic heterocycles. The first-order valence-corrected chi connectivity index (χ1v) is 6.99. The minimum atomic E-state index is -0.0681. The molecule has 1 amide bonds. The van der Waals surface area contributed by atoms with Gasteiger partial charge in [0.2, 0.25) is 0 Å². The Hall–Kier alpha value is -1.49. The fraction of sp³-hybridized carbons (Fsp3) is 0.643. The first kappa shape index (κ1) is 12.5. The van der Waals surface area contributed by atoms with Crippen molar-refractivity contribution in [2.75, 3.05) is 19.6 Å². The van der Waals surface area contributed by atoms with Crippen molar-refractivity contribution in [2.45, 2.75) is 38.4 Å². The van der Waals surface area contributed by atoms with Gasteiger partial charge in [0.1, 0.15) is 17.6 Å². The van der Waals surface area contributed by atoms with Gasteiger partial charge in [0, 0.05) is 19.1 Å². The zero-order chi connectivity index (χ0) is 13.6. The molecule has 3 aliphatic heterocycles. The maximum absolute atomic E-state index is 12.6. The molecule has 0 aromatic rings. The lowest BCUT2D eigenvalue weighted by molar-refractivity contribution is -0.145. The van der Waals surface area contributed by atoms with Crippen molar-refractivity contribution < 1.29 is 9.90 Å². The van der Waals surface area contributed by atoms with Gasteiger partial charge in [-0.3, -0.25) is 9.69 Å². The number of hydrogen-bond acceptors (Lipinski definition) is 4. The van der Waals surface area contributed by atoms with E-state index >= 15 is 0 Å². The summed E-state index contributed by atoms with van der Waals surface area (Å²) < 4.78 is 0. The van der Waals surface area contributed by atoms with Crippen LogP contribution in [0, 0.1) is 0 Å². The standard InChI is InChI=1S/C14H21N3O2/c1-3-15-9-12-16-7-4-5-11(16)6-8-17(12)14(19)13(15)10(2)18/h3,11-12,18H,1,4-9H2,2H3/b13-10+.